The summed E-state index contributed by atoms with van der Waals surface area (Å²) in [6.07, 6.45) is 0.495. The van der Waals surface area contributed by atoms with Gasteiger partial charge in [0.1, 0.15) is 0 Å². The molecule has 0 amide bonds. The van der Waals surface area contributed by atoms with E-state index in [1.807, 2.05) is 20.8 Å². The quantitative estimate of drug-likeness (QED) is 0.466. The zero-order valence-corrected chi connectivity index (χ0v) is 12.4. The van der Waals surface area contributed by atoms with E-state index in [-0.39, 0.29) is 21.4 Å². The lowest BCUT2D eigenvalue weighted by atomic mass is 9.87. The molecule has 5 heteroatoms. The van der Waals surface area contributed by atoms with E-state index in [0.29, 0.717) is 16.5 Å². The number of nitro benzene ring substituents is 1. The SMILES string of the molecule is CC(C)(C)C(Cl)Cc1ccc(Br)cc1[N+](=O)[O-]. The summed E-state index contributed by atoms with van der Waals surface area (Å²) in [5, 5.41) is 10.8. The fourth-order valence-corrected chi connectivity index (χ4v) is 1.89. The van der Waals surface area contributed by atoms with Crippen molar-refractivity contribution >= 4 is 33.2 Å². The van der Waals surface area contributed by atoms with Crippen LogP contribution in [0.3, 0.4) is 0 Å². The van der Waals surface area contributed by atoms with Crippen molar-refractivity contribution in [3.05, 3.63) is 38.3 Å². The van der Waals surface area contributed by atoms with Gasteiger partial charge in [-0.15, -0.1) is 11.6 Å². The topological polar surface area (TPSA) is 43.1 Å². The highest BCUT2D eigenvalue weighted by Crippen LogP contribution is 2.31. The second kappa shape index (κ2) is 5.36. The third-order valence-corrected chi connectivity index (χ3v) is 3.89. The van der Waals surface area contributed by atoms with Crippen molar-refractivity contribution in [2.24, 2.45) is 5.41 Å². The van der Waals surface area contributed by atoms with Crippen LogP contribution in [0, 0.1) is 15.5 Å². The van der Waals surface area contributed by atoms with Crippen LogP contribution in [0.2, 0.25) is 0 Å². The van der Waals surface area contributed by atoms with Crippen molar-refractivity contribution in [2.75, 3.05) is 0 Å². The molecule has 0 bridgehead atoms. The second-order valence-corrected chi connectivity index (χ2v) is 6.51. The van der Waals surface area contributed by atoms with Crippen molar-refractivity contribution in [3.63, 3.8) is 0 Å². The van der Waals surface area contributed by atoms with Gasteiger partial charge in [-0.05, 0) is 17.9 Å². The first-order valence-corrected chi connectivity index (χ1v) is 6.51. The van der Waals surface area contributed by atoms with Crippen LogP contribution in [0.15, 0.2) is 22.7 Å². The lowest BCUT2D eigenvalue weighted by Gasteiger charge is -2.25. The van der Waals surface area contributed by atoms with E-state index in [9.17, 15) is 10.1 Å². The maximum absolute atomic E-state index is 10.9. The molecule has 0 aliphatic rings. The highest BCUT2D eigenvalue weighted by atomic mass is 79.9. The molecule has 0 aliphatic carbocycles. The normalized spacial score (nSPS) is 13.5. The molecular weight excluding hydrogens is 305 g/mol. The van der Waals surface area contributed by atoms with Crippen LogP contribution in [0.1, 0.15) is 26.3 Å². The summed E-state index contributed by atoms with van der Waals surface area (Å²) < 4.78 is 0.704. The number of nitrogens with zero attached hydrogens (tertiary/aromatic N) is 1. The Morgan fingerprint density at radius 3 is 2.53 bits per heavy atom. The molecule has 3 nitrogen and oxygen atoms in total. The molecule has 0 radical (unpaired) electrons. The molecule has 17 heavy (non-hydrogen) atoms. The number of halogens is 2. The molecule has 0 N–H and O–H groups in total. The third-order valence-electron chi connectivity index (χ3n) is 2.58. The standard InChI is InChI=1S/C12H15BrClNO2/c1-12(2,3)11(14)6-8-4-5-9(13)7-10(8)15(16)17/h4-5,7,11H,6H2,1-3H3. The largest absolute Gasteiger partial charge is 0.273 e. The zero-order valence-electron chi connectivity index (χ0n) is 10.0. The third kappa shape index (κ3) is 3.96. The number of hydrogen-bond donors (Lipinski definition) is 0. The zero-order chi connectivity index (χ0) is 13.2. The predicted molar refractivity (Wildman–Crippen MR) is 73.6 cm³/mol. The average Bonchev–Trinajstić information content (AvgIpc) is 2.18. The van der Waals surface area contributed by atoms with Gasteiger partial charge in [0.2, 0.25) is 0 Å². The van der Waals surface area contributed by atoms with Crippen molar-refractivity contribution < 1.29 is 4.92 Å². The minimum atomic E-state index is -0.369. The van der Waals surface area contributed by atoms with Crippen molar-refractivity contribution in [2.45, 2.75) is 32.6 Å². The number of rotatable bonds is 3. The molecule has 1 atom stereocenters. The summed E-state index contributed by atoms with van der Waals surface area (Å²) in [5.74, 6) is 0. The molecule has 0 heterocycles. The van der Waals surface area contributed by atoms with Gasteiger partial charge in [0.25, 0.3) is 5.69 Å². The average molecular weight is 321 g/mol. The second-order valence-electron chi connectivity index (χ2n) is 5.07. The van der Waals surface area contributed by atoms with E-state index < -0.39 is 0 Å². The molecule has 94 valence electrons. The Balaban J connectivity index is 3.03. The summed E-state index contributed by atoms with van der Waals surface area (Å²) in [6, 6.07) is 5.07. The molecule has 1 aromatic rings. The molecular formula is C12H15BrClNO2. The fraction of sp³-hybridized carbons (Fsp3) is 0.500. The van der Waals surface area contributed by atoms with Gasteiger partial charge < -0.3 is 0 Å². The molecule has 1 aromatic carbocycles. The van der Waals surface area contributed by atoms with E-state index in [1.54, 1.807) is 12.1 Å². The van der Waals surface area contributed by atoms with E-state index in [4.69, 9.17) is 11.6 Å². The molecule has 0 spiro atoms. The van der Waals surface area contributed by atoms with Gasteiger partial charge in [0.05, 0.1) is 4.92 Å². The van der Waals surface area contributed by atoms with Crippen molar-refractivity contribution in [1.29, 1.82) is 0 Å². The molecule has 0 saturated heterocycles. The fourth-order valence-electron chi connectivity index (χ4n) is 1.38. The van der Waals surface area contributed by atoms with E-state index in [0.717, 1.165) is 0 Å². The summed E-state index contributed by atoms with van der Waals surface area (Å²) in [6.45, 7) is 6.07. The predicted octanol–water partition coefficient (Wildman–Crippen LogP) is 4.55. The first kappa shape index (κ1) is 14.5. The lowest BCUT2D eigenvalue weighted by molar-refractivity contribution is -0.385. The van der Waals surface area contributed by atoms with Gasteiger partial charge in [-0.1, -0.05) is 42.8 Å². The minimum absolute atomic E-state index is 0.0809. The van der Waals surface area contributed by atoms with Gasteiger partial charge in [-0.2, -0.15) is 0 Å². The van der Waals surface area contributed by atoms with Crippen LogP contribution < -0.4 is 0 Å². The van der Waals surface area contributed by atoms with Gasteiger partial charge in [0.15, 0.2) is 0 Å². The number of hydrogen-bond acceptors (Lipinski definition) is 2. The molecule has 1 rings (SSSR count). The van der Waals surface area contributed by atoms with Crippen LogP contribution in [0.4, 0.5) is 5.69 Å². The lowest BCUT2D eigenvalue weighted by Crippen LogP contribution is -2.23. The number of nitro groups is 1. The Kier molecular flexibility index (Phi) is 4.55. The van der Waals surface area contributed by atoms with Gasteiger partial charge in [0, 0.05) is 21.5 Å². The summed E-state index contributed by atoms with van der Waals surface area (Å²) in [5.41, 5.74) is 0.713. The highest BCUT2D eigenvalue weighted by molar-refractivity contribution is 9.10. The Morgan fingerprint density at radius 2 is 2.06 bits per heavy atom. The first-order valence-electron chi connectivity index (χ1n) is 5.28. The van der Waals surface area contributed by atoms with Crippen molar-refractivity contribution in [3.8, 4) is 0 Å². The Hall–Kier alpha value is -0.610. The monoisotopic (exact) mass is 319 g/mol. The maximum Gasteiger partial charge on any atom is 0.273 e. The maximum atomic E-state index is 10.9. The highest BCUT2D eigenvalue weighted by Gasteiger charge is 2.25. The number of benzene rings is 1. The summed E-state index contributed by atoms with van der Waals surface area (Å²) in [7, 11) is 0. The molecule has 0 saturated carbocycles. The molecule has 1 unspecified atom stereocenters. The van der Waals surface area contributed by atoms with Gasteiger partial charge in [-0.3, -0.25) is 10.1 Å². The van der Waals surface area contributed by atoms with Gasteiger partial charge >= 0.3 is 0 Å². The molecule has 0 aliphatic heterocycles. The van der Waals surface area contributed by atoms with Crippen LogP contribution in [-0.4, -0.2) is 10.3 Å². The Bertz CT molecular complexity index is 429. The molecule has 0 aromatic heterocycles. The first-order chi connectivity index (χ1) is 7.71. The number of alkyl halides is 1. The van der Waals surface area contributed by atoms with Crippen LogP contribution >= 0.6 is 27.5 Å². The summed E-state index contributed by atoms with van der Waals surface area (Å²) >= 11 is 9.51. The minimum Gasteiger partial charge on any atom is -0.258 e. The smallest absolute Gasteiger partial charge is 0.258 e. The van der Waals surface area contributed by atoms with Gasteiger partial charge in [-0.25, -0.2) is 0 Å². The van der Waals surface area contributed by atoms with E-state index in [1.165, 1.54) is 6.07 Å². The van der Waals surface area contributed by atoms with Crippen molar-refractivity contribution in [1.82, 2.24) is 0 Å². The van der Waals surface area contributed by atoms with Crippen LogP contribution in [0.5, 0.6) is 0 Å². The summed E-state index contributed by atoms with van der Waals surface area (Å²) in [4.78, 5) is 10.6. The van der Waals surface area contributed by atoms with Crippen LogP contribution in [-0.2, 0) is 6.42 Å². The Labute approximate surface area is 114 Å². The Morgan fingerprint density at radius 1 is 1.47 bits per heavy atom. The van der Waals surface area contributed by atoms with Crippen LogP contribution in [0.25, 0.3) is 0 Å². The van der Waals surface area contributed by atoms with E-state index >= 15 is 0 Å². The van der Waals surface area contributed by atoms with E-state index in [2.05, 4.69) is 15.9 Å². The molecule has 0 fully saturated rings.